The minimum atomic E-state index is -0.285. The van der Waals surface area contributed by atoms with E-state index in [0.29, 0.717) is 16.4 Å². The number of hydrogen-bond acceptors (Lipinski definition) is 5. The Hall–Kier alpha value is -2.48. The molecule has 30 heavy (non-hydrogen) atoms. The number of carbonyl (C=O) groups excluding carboxylic acids is 1. The first-order valence-corrected chi connectivity index (χ1v) is 11.0. The van der Waals surface area contributed by atoms with Gasteiger partial charge in [-0.1, -0.05) is 11.6 Å². The Labute approximate surface area is 184 Å². The first-order chi connectivity index (χ1) is 14.5. The number of aromatic nitrogens is 1. The van der Waals surface area contributed by atoms with Crippen molar-refractivity contribution in [3.63, 3.8) is 0 Å². The maximum absolute atomic E-state index is 13.1. The molecule has 0 atom stereocenters. The molecule has 1 N–H and O–H groups in total. The molecule has 1 amide bonds. The Morgan fingerprint density at radius 2 is 1.90 bits per heavy atom. The summed E-state index contributed by atoms with van der Waals surface area (Å²) in [4.78, 5) is 21.8. The van der Waals surface area contributed by atoms with E-state index >= 15 is 0 Å². The van der Waals surface area contributed by atoms with Crippen molar-refractivity contribution in [2.24, 2.45) is 0 Å². The molecule has 3 aromatic rings. The molecule has 1 fully saturated rings. The molecule has 1 saturated heterocycles. The van der Waals surface area contributed by atoms with Crippen LogP contribution in [-0.4, -0.2) is 49.0 Å². The molecular weight excluding hydrogens is 423 g/mol. The lowest BCUT2D eigenvalue weighted by molar-refractivity contribution is -0.115. The first-order valence-electron chi connectivity index (χ1n) is 9.71. The van der Waals surface area contributed by atoms with E-state index in [2.05, 4.69) is 27.1 Å². The number of carbonyl (C=O) groups is 1. The molecule has 1 aromatic heterocycles. The van der Waals surface area contributed by atoms with Crippen LogP contribution in [-0.2, 0) is 11.2 Å². The fraction of sp³-hybridized carbons (Fsp3) is 0.273. The molecule has 1 aliphatic heterocycles. The van der Waals surface area contributed by atoms with Gasteiger partial charge in [0.15, 0.2) is 0 Å². The van der Waals surface area contributed by atoms with E-state index < -0.39 is 0 Å². The van der Waals surface area contributed by atoms with Crippen LogP contribution in [0, 0.1) is 5.82 Å². The van der Waals surface area contributed by atoms with Gasteiger partial charge in [-0.15, -0.1) is 11.3 Å². The highest BCUT2D eigenvalue weighted by Gasteiger charge is 2.19. The summed E-state index contributed by atoms with van der Waals surface area (Å²) in [5, 5.41) is 6.20. The van der Waals surface area contributed by atoms with Crippen LogP contribution in [0.25, 0.3) is 10.6 Å². The Morgan fingerprint density at radius 1 is 1.17 bits per heavy atom. The maximum atomic E-state index is 13.1. The van der Waals surface area contributed by atoms with Crippen LogP contribution < -0.4 is 10.2 Å². The largest absolute Gasteiger partial charge is 0.367 e. The molecule has 4 rings (SSSR count). The third-order valence-corrected chi connectivity index (χ3v) is 6.24. The van der Waals surface area contributed by atoms with Crippen molar-refractivity contribution in [2.75, 3.05) is 43.4 Å². The normalized spacial score (nSPS) is 14.7. The number of benzene rings is 2. The molecule has 1 aliphatic rings. The zero-order chi connectivity index (χ0) is 21.1. The van der Waals surface area contributed by atoms with Gasteiger partial charge in [0.1, 0.15) is 10.8 Å². The van der Waals surface area contributed by atoms with E-state index in [1.54, 1.807) is 18.2 Å². The van der Waals surface area contributed by atoms with Crippen LogP contribution in [0.15, 0.2) is 47.8 Å². The van der Waals surface area contributed by atoms with E-state index in [4.69, 9.17) is 11.6 Å². The Balaban J connectivity index is 1.45. The number of piperazine rings is 1. The molecule has 2 aromatic carbocycles. The van der Waals surface area contributed by atoms with Gasteiger partial charge in [0.25, 0.3) is 0 Å². The topological polar surface area (TPSA) is 48.5 Å². The number of rotatable bonds is 5. The van der Waals surface area contributed by atoms with E-state index in [9.17, 15) is 9.18 Å². The van der Waals surface area contributed by atoms with Crippen molar-refractivity contribution < 1.29 is 9.18 Å². The molecule has 0 unspecified atom stereocenters. The smallest absolute Gasteiger partial charge is 0.230 e. The zero-order valence-electron chi connectivity index (χ0n) is 16.6. The van der Waals surface area contributed by atoms with Crippen molar-refractivity contribution in [1.29, 1.82) is 0 Å². The van der Waals surface area contributed by atoms with Crippen LogP contribution in [0.5, 0.6) is 0 Å². The van der Waals surface area contributed by atoms with Crippen molar-refractivity contribution in [3.8, 4) is 10.6 Å². The zero-order valence-corrected chi connectivity index (χ0v) is 18.1. The monoisotopic (exact) mass is 444 g/mol. The highest BCUT2D eigenvalue weighted by atomic mass is 35.5. The Kier molecular flexibility index (Phi) is 6.32. The summed E-state index contributed by atoms with van der Waals surface area (Å²) in [5.41, 5.74) is 3.21. The van der Waals surface area contributed by atoms with Crippen molar-refractivity contribution in [1.82, 2.24) is 9.88 Å². The Morgan fingerprint density at radius 3 is 2.63 bits per heavy atom. The van der Waals surface area contributed by atoms with Gasteiger partial charge in [-0.3, -0.25) is 4.79 Å². The highest BCUT2D eigenvalue weighted by Crippen LogP contribution is 2.30. The van der Waals surface area contributed by atoms with Crippen molar-refractivity contribution >= 4 is 40.2 Å². The van der Waals surface area contributed by atoms with Crippen LogP contribution >= 0.6 is 22.9 Å². The van der Waals surface area contributed by atoms with Gasteiger partial charge in [0.05, 0.1) is 23.5 Å². The average Bonchev–Trinajstić information content (AvgIpc) is 3.18. The lowest BCUT2D eigenvalue weighted by Gasteiger charge is -2.35. The summed E-state index contributed by atoms with van der Waals surface area (Å²) >= 11 is 7.63. The maximum Gasteiger partial charge on any atom is 0.230 e. The third-order valence-electron chi connectivity index (χ3n) is 5.06. The van der Waals surface area contributed by atoms with Gasteiger partial charge < -0.3 is 15.1 Å². The van der Waals surface area contributed by atoms with Gasteiger partial charge >= 0.3 is 0 Å². The lowest BCUT2D eigenvalue weighted by atomic mass is 10.2. The number of nitrogens with one attached hydrogen (secondary N) is 1. The minimum absolute atomic E-state index is 0.149. The number of amides is 1. The van der Waals surface area contributed by atoms with Crippen LogP contribution in [0.1, 0.15) is 5.69 Å². The molecule has 0 saturated carbocycles. The van der Waals surface area contributed by atoms with Crippen LogP contribution in [0.2, 0.25) is 5.02 Å². The van der Waals surface area contributed by atoms with Crippen molar-refractivity contribution in [3.05, 3.63) is 64.4 Å². The number of nitrogens with zero attached hydrogens (tertiary/aromatic N) is 3. The summed E-state index contributed by atoms with van der Waals surface area (Å²) in [6, 6.07) is 11.8. The molecule has 5 nitrogen and oxygen atoms in total. The summed E-state index contributed by atoms with van der Waals surface area (Å²) in [7, 11) is 2.11. The number of anilines is 2. The second-order valence-electron chi connectivity index (χ2n) is 7.33. The number of likely N-dealkylation sites (N-methyl/N-ethyl adjacent to an activating group) is 1. The van der Waals surface area contributed by atoms with E-state index in [1.165, 1.54) is 23.5 Å². The summed E-state index contributed by atoms with van der Waals surface area (Å²) in [5.74, 6) is -0.434. The molecule has 2 heterocycles. The van der Waals surface area contributed by atoms with E-state index in [0.717, 1.165) is 42.4 Å². The second-order valence-corrected chi connectivity index (χ2v) is 8.62. The quantitative estimate of drug-likeness (QED) is 0.627. The SMILES string of the molecule is CN1CCN(c2ccc(Cl)cc2NC(=O)Cc2csc(-c3ccc(F)cc3)n2)CC1. The molecule has 0 aliphatic carbocycles. The summed E-state index contributed by atoms with van der Waals surface area (Å²) in [6.45, 7) is 3.74. The molecule has 0 bridgehead atoms. The summed E-state index contributed by atoms with van der Waals surface area (Å²) in [6.07, 6.45) is 0.159. The van der Waals surface area contributed by atoms with Gasteiger partial charge in [0, 0.05) is 42.1 Å². The van der Waals surface area contributed by atoms with Gasteiger partial charge in [0.2, 0.25) is 5.91 Å². The van der Waals surface area contributed by atoms with Gasteiger partial charge in [-0.25, -0.2) is 9.37 Å². The molecule has 156 valence electrons. The first kappa shape index (κ1) is 20.8. The predicted molar refractivity (Wildman–Crippen MR) is 121 cm³/mol. The van der Waals surface area contributed by atoms with Gasteiger partial charge in [-0.05, 0) is 49.5 Å². The fourth-order valence-electron chi connectivity index (χ4n) is 3.40. The molecule has 0 spiro atoms. The average molecular weight is 445 g/mol. The van der Waals surface area contributed by atoms with Crippen molar-refractivity contribution in [2.45, 2.75) is 6.42 Å². The lowest BCUT2D eigenvalue weighted by Crippen LogP contribution is -2.44. The van der Waals surface area contributed by atoms with Crippen LogP contribution in [0.4, 0.5) is 15.8 Å². The third kappa shape index (κ3) is 4.98. The standard InChI is InChI=1S/C22H22ClFN4OS/c1-27-8-10-28(11-9-27)20-7-4-16(23)12-19(20)26-21(29)13-18-14-30-22(25-18)15-2-5-17(24)6-3-15/h2-7,12,14H,8-11,13H2,1H3,(H,26,29). The van der Waals surface area contributed by atoms with Gasteiger partial charge in [-0.2, -0.15) is 0 Å². The minimum Gasteiger partial charge on any atom is -0.367 e. The molecular formula is C22H22ClFN4OS. The predicted octanol–water partition coefficient (Wildman–Crippen LogP) is 4.54. The summed E-state index contributed by atoms with van der Waals surface area (Å²) < 4.78 is 13.1. The van der Waals surface area contributed by atoms with Crippen LogP contribution in [0.3, 0.4) is 0 Å². The number of thiazole rings is 1. The second kappa shape index (κ2) is 9.12. The number of hydrogen-bond donors (Lipinski definition) is 1. The number of halogens is 2. The molecule has 8 heteroatoms. The van der Waals surface area contributed by atoms with E-state index in [-0.39, 0.29) is 18.1 Å². The van der Waals surface area contributed by atoms with E-state index in [1.807, 2.05) is 17.5 Å². The Bertz CT molecular complexity index is 1030. The molecule has 0 radical (unpaired) electrons. The fourth-order valence-corrected chi connectivity index (χ4v) is 4.40. The highest BCUT2D eigenvalue weighted by molar-refractivity contribution is 7.13.